The van der Waals surface area contributed by atoms with E-state index in [4.69, 9.17) is 0 Å². The molecule has 1 amide bonds. The number of aromatic nitrogens is 1. The number of benzene rings is 1. The van der Waals surface area contributed by atoms with Crippen molar-refractivity contribution < 1.29 is 4.79 Å². The first kappa shape index (κ1) is 15.0. The van der Waals surface area contributed by atoms with Gasteiger partial charge in [0.25, 0.3) is 11.5 Å². The zero-order chi connectivity index (χ0) is 15.4. The summed E-state index contributed by atoms with van der Waals surface area (Å²) in [6.45, 7) is 3.97. The summed E-state index contributed by atoms with van der Waals surface area (Å²) in [5.74, 6) is -0.298. The van der Waals surface area contributed by atoms with Gasteiger partial charge in [-0.3, -0.25) is 9.59 Å². The summed E-state index contributed by atoms with van der Waals surface area (Å²) in [6.07, 6.45) is 1.76. The smallest absolute Gasteiger partial charge is 0.263 e. The lowest BCUT2D eigenvalue weighted by molar-refractivity contribution is 0.0991. The lowest BCUT2D eigenvalue weighted by Gasteiger charge is -2.17. The number of para-hydroxylation sites is 1. The first-order valence-corrected chi connectivity index (χ1v) is 7.10. The second kappa shape index (κ2) is 6.39. The number of aryl methyl sites for hydroxylation is 2. The zero-order valence-corrected chi connectivity index (χ0v) is 12.6. The van der Waals surface area contributed by atoms with E-state index in [0.29, 0.717) is 0 Å². The monoisotopic (exact) mass is 284 g/mol. The van der Waals surface area contributed by atoms with E-state index < -0.39 is 0 Å². The van der Waals surface area contributed by atoms with Gasteiger partial charge in [0, 0.05) is 18.4 Å². The van der Waals surface area contributed by atoms with Crippen molar-refractivity contribution in [2.75, 3.05) is 11.9 Å². The topological polar surface area (TPSA) is 53.2 Å². The van der Waals surface area contributed by atoms with Crippen LogP contribution in [-0.4, -0.2) is 17.9 Å². The van der Waals surface area contributed by atoms with Crippen LogP contribution < -0.4 is 10.5 Å². The predicted octanol–water partition coefficient (Wildman–Crippen LogP) is 2.91. The van der Waals surface area contributed by atoms with Gasteiger partial charge in [0.15, 0.2) is 0 Å². The van der Waals surface area contributed by atoms with Crippen LogP contribution in [0.25, 0.3) is 0 Å². The summed E-state index contributed by atoms with van der Waals surface area (Å²) in [6, 6.07) is 11.0. The molecule has 110 valence electrons. The molecule has 2 aromatic rings. The van der Waals surface area contributed by atoms with E-state index in [-0.39, 0.29) is 17.0 Å². The Morgan fingerprint density at radius 3 is 2.52 bits per heavy atom. The van der Waals surface area contributed by atoms with Crippen LogP contribution in [-0.2, 0) is 6.42 Å². The highest BCUT2D eigenvalue weighted by molar-refractivity contribution is 6.05. The van der Waals surface area contributed by atoms with Crippen LogP contribution >= 0.6 is 0 Å². The van der Waals surface area contributed by atoms with Gasteiger partial charge in [0.1, 0.15) is 5.56 Å². The molecule has 1 aromatic carbocycles. The average molecular weight is 284 g/mol. The molecule has 0 saturated carbocycles. The first-order chi connectivity index (χ1) is 10.0. The maximum atomic E-state index is 12.5. The van der Waals surface area contributed by atoms with Crippen LogP contribution in [0.3, 0.4) is 0 Å². The van der Waals surface area contributed by atoms with Crippen LogP contribution in [0, 0.1) is 6.92 Å². The Morgan fingerprint density at radius 1 is 1.24 bits per heavy atom. The molecule has 0 spiro atoms. The van der Waals surface area contributed by atoms with Crippen molar-refractivity contribution in [2.24, 2.45) is 0 Å². The number of aromatic amines is 1. The number of carbonyl (C=O) groups is 1. The third-order valence-corrected chi connectivity index (χ3v) is 3.52. The highest BCUT2D eigenvalue weighted by Gasteiger charge is 2.18. The Morgan fingerprint density at radius 2 is 1.90 bits per heavy atom. The van der Waals surface area contributed by atoms with Crippen molar-refractivity contribution in [1.29, 1.82) is 0 Å². The molecular weight excluding hydrogens is 264 g/mol. The number of hydrogen-bond acceptors (Lipinski definition) is 2. The Labute approximate surface area is 124 Å². The molecule has 0 fully saturated rings. The number of hydrogen-bond donors (Lipinski definition) is 1. The SMILES string of the molecule is CCCc1[nH]c(=O)c(C(=O)N(C)c2ccccc2)cc1C. The molecule has 1 N–H and O–H groups in total. The predicted molar refractivity (Wildman–Crippen MR) is 85.0 cm³/mol. The normalized spacial score (nSPS) is 10.4. The quantitative estimate of drug-likeness (QED) is 0.938. The highest BCUT2D eigenvalue weighted by Crippen LogP contribution is 2.14. The number of rotatable bonds is 4. The molecule has 0 radical (unpaired) electrons. The molecule has 2 rings (SSSR count). The third kappa shape index (κ3) is 3.21. The summed E-state index contributed by atoms with van der Waals surface area (Å²) >= 11 is 0. The van der Waals surface area contributed by atoms with Crippen molar-refractivity contribution in [1.82, 2.24) is 4.98 Å². The fourth-order valence-electron chi connectivity index (χ4n) is 2.29. The molecule has 21 heavy (non-hydrogen) atoms. The maximum Gasteiger partial charge on any atom is 0.263 e. The lowest BCUT2D eigenvalue weighted by atomic mass is 10.1. The second-order valence-electron chi connectivity index (χ2n) is 5.12. The van der Waals surface area contributed by atoms with Gasteiger partial charge in [0.05, 0.1) is 0 Å². The molecule has 1 aromatic heterocycles. The van der Waals surface area contributed by atoms with E-state index in [1.165, 1.54) is 4.90 Å². The van der Waals surface area contributed by atoms with Crippen molar-refractivity contribution in [3.05, 3.63) is 63.6 Å². The first-order valence-electron chi connectivity index (χ1n) is 7.10. The molecule has 0 saturated heterocycles. The lowest BCUT2D eigenvalue weighted by Crippen LogP contribution is -2.32. The third-order valence-electron chi connectivity index (χ3n) is 3.52. The van der Waals surface area contributed by atoms with Crippen molar-refractivity contribution >= 4 is 11.6 Å². The maximum absolute atomic E-state index is 12.5. The molecule has 0 unspecified atom stereocenters. The Kier molecular flexibility index (Phi) is 4.58. The van der Waals surface area contributed by atoms with Gasteiger partial charge in [-0.05, 0) is 37.1 Å². The molecule has 4 heteroatoms. The van der Waals surface area contributed by atoms with Crippen LogP contribution in [0.5, 0.6) is 0 Å². The van der Waals surface area contributed by atoms with Crippen molar-refractivity contribution in [3.8, 4) is 0 Å². The van der Waals surface area contributed by atoms with Gasteiger partial charge in [-0.2, -0.15) is 0 Å². The van der Waals surface area contributed by atoms with Gasteiger partial charge in [-0.25, -0.2) is 0 Å². The van der Waals surface area contributed by atoms with Gasteiger partial charge in [0.2, 0.25) is 0 Å². The van der Waals surface area contributed by atoms with E-state index in [0.717, 1.165) is 29.8 Å². The van der Waals surface area contributed by atoms with Crippen LogP contribution in [0.4, 0.5) is 5.69 Å². The molecule has 1 heterocycles. The Bertz CT molecular complexity index is 690. The van der Waals surface area contributed by atoms with Gasteiger partial charge in [-0.15, -0.1) is 0 Å². The second-order valence-corrected chi connectivity index (χ2v) is 5.12. The van der Waals surface area contributed by atoms with E-state index in [2.05, 4.69) is 11.9 Å². The van der Waals surface area contributed by atoms with Crippen LogP contribution in [0.2, 0.25) is 0 Å². The molecule has 4 nitrogen and oxygen atoms in total. The molecule has 0 aliphatic rings. The number of nitrogens with zero attached hydrogens (tertiary/aromatic N) is 1. The molecule has 0 aliphatic carbocycles. The van der Waals surface area contributed by atoms with E-state index in [1.807, 2.05) is 37.3 Å². The zero-order valence-electron chi connectivity index (χ0n) is 12.6. The minimum absolute atomic E-state index is 0.179. The van der Waals surface area contributed by atoms with E-state index in [1.54, 1.807) is 13.1 Å². The summed E-state index contributed by atoms with van der Waals surface area (Å²) in [4.78, 5) is 29.0. The average Bonchev–Trinajstić information content (AvgIpc) is 2.50. The molecule has 0 aliphatic heterocycles. The van der Waals surface area contributed by atoms with E-state index >= 15 is 0 Å². The number of H-pyrrole nitrogens is 1. The Balaban J connectivity index is 2.36. The standard InChI is InChI=1S/C17H20N2O2/c1-4-8-15-12(2)11-14(16(20)18-15)17(21)19(3)13-9-6-5-7-10-13/h5-7,9-11H,4,8H2,1-3H3,(H,18,20). The highest BCUT2D eigenvalue weighted by atomic mass is 16.2. The number of amides is 1. The molecular formula is C17H20N2O2. The van der Waals surface area contributed by atoms with Crippen LogP contribution in [0.1, 0.15) is 35.0 Å². The summed E-state index contributed by atoms with van der Waals surface area (Å²) in [7, 11) is 1.67. The van der Waals surface area contributed by atoms with Crippen molar-refractivity contribution in [2.45, 2.75) is 26.7 Å². The summed E-state index contributed by atoms with van der Waals surface area (Å²) < 4.78 is 0. The Hall–Kier alpha value is -2.36. The molecule has 0 bridgehead atoms. The fourth-order valence-corrected chi connectivity index (χ4v) is 2.29. The minimum Gasteiger partial charge on any atom is -0.325 e. The van der Waals surface area contributed by atoms with Crippen molar-refractivity contribution in [3.63, 3.8) is 0 Å². The molecule has 0 atom stereocenters. The minimum atomic E-state index is -0.322. The summed E-state index contributed by atoms with van der Waals surface area (Å²) in [5.41, 5.74) is 2.47. The number of carbonyl (C=O) groups excluding carboxylic acids is 1. The fraction of sp³-hybridized carbons (Fsp3) is 0.294. The van der Waals surface area contributed by atoms with Gasteiger partial charge in [-0.1, -0.05) is 31.5 Å². The van der Waals surface area contributed by atoms with E-state index in [9.17, 15) is 9.59 Å². The van der Waals surface area contributed by atoms with Crippen LogP contribution in [0.15, 0.2) is 41.2 Å². The number of anilines is 1. The number of pyridine rings is 1. The largest absolute Gasteiger partial charge is 0.325 e. The van der Waals surface area contributed by atoms with Gasteiger partial charge >= 0.3 is 0 Å². The van der Waals surface area contributed by atoms with Gasteiger partial charge < -0.3 is 9.88 Å². The number of nitrogens with one attached hydrogen (secondary N) is 1. The summed E-state index contributed by atoms with van der Waals surface area (Å²) in [5, 5.41) is 0.